The van der Waals surface area contributed by atoms with Gasteiger partial charge in [0.05, 0.1) is 5.56 Å². The van der Waals surface area contributed by atoms with E-state index in [9.17, 15) is 13.2 Å². The molecule has 0 nitrogen and oxygen atoms in total. The van der Waals surface area contributed by atoms with Crippen molar-refractivity contribution in [3.05, 3.63) is 58.9 Å². The fourth-order valence-electron chi connectivity index (χ4n) is 3.46. The average Bonchev–Trinajstić information content (AvgIpc) is 2.49. The number of fused-ring (bicyclic) bond motifs is 1. The summed E-state index contributed by atoms with van der Waals surface area (Å²) in [6.07, 6.45) is 4.55. The molecular weight excluding hydrogens is 285 g/mol. The summed E-state index contributed by atoms with van der Waals surface area (Å²) in [7, 11) is 0. The Morgan fingerprint density at radius 2 is 1.82 bits per heavy atom. The molecule has 3 rings (SSSR count). The standard InChI is InChI=1S/C19H19F3/c1-2-3-12-4-9-16-14(10-12)11-17(21)18(19(16)22)13-5-7-15(20)8-6-13/h5-8,11-12H,2-4,9-10H2,1H3. The van der Waals surface area contributed by atoms with Crippen LogP contribution in [0.25, 0.3) is 11.1 Å². The summed E-state index contributed by atoms with van der Waals surface area (Å²) < 4.78 is 42.2. The van der Waals surface area contributed by atoms with Crippen LogP contribution in [0.1, 0.15) is 37.3 Å². The normalized spacial score (nSPS) is 17.4. The molecule has 1 aliphatic carbocycles. The van der Waals surface area contributed by atoms with E-state index in [1.807, 2.05) is 0 Å². The van der Waals surface area contributed by atoms with E-state index in [1.54, 1.807) is 0 Å². The van der Waals surface area contributed by atoms with E-state index in [2.05, 4.69) is 6.92 Å². The van der Waals surface area contributed by atoms with Crippen LogP contribution in [0, 0.1) is 23.4 Å². The van der Waals surface area contributed by atoms with Crippen LogP contribution in [0.5, 0.6) is 0 Å². The zero-order chi connectivity index (χ0) is 15.7. The highest BCUT2D eigenvalue weighted by molar-refractivity contribution is 5.67. The van der Waals surface area contributed by atoms with Gasteiger partial charge in [0, 0.05) is 0 Å². The molecule has 1 aliphatic rings. The van der Waals surface area contributed by atoms with E-state index in [-0.39, 0.29) is 5.56 Å². The molecule has 0 N–H and O–H groups in total. The van der Waals surface area contributed by atoms with Crippen LogP contribution in [-0.4, -0.2) is 0 Å². The first-order valence-electron chi connectivity index (χ1n) is 7.85. The molecule has 0 bridgehead atoms. The maximum atomic E-state index is 14.8. The molecule has 0 aromatic heterocycles. The second kappa shape index (κ2) is 6.15. The van der Waals surface area contributed by atoms with E-state index in [0.717, 1.165) is 31.2 Å². The van der Waals surface area contributed by atoms with Crippen LogP contribution >= 0.6 is 0 Å². The van der Waals surface area contributed by atoms with Crippen molar-refractivity contribution in [2.75, 3.05) is 0 Å². The Hall–Kier alpha value is -1.77. The van der Waals surface area contributed by atoms with Crippen molar-refractivity contribution in [3.63, 3.8) is 0 Å². The third-order valence-electron chi connectivity index (χ3n) is 4.55. The summed E-state index contributed by atoms with van der Waals surface area (Å²) in [5.74, 6) is -0.922. The Balaban J connectivity index is 2.03. The Bertz CT molecular complexity index is 674. The van der Waals surface area contributed by atoms with E-state index in [0.29, 0.717) is 23.5 Å². The SMILES string of the molecule is CCCC1CCc2c(cc(F)c(-c3ccc(F)cc3)c2F)C1. The van der Waals surface area contributed by atoms with Gasteiger partial charge in [-0.1, -0.05) is 31.9 Å². The van der Waals surface area contributed by atoms with Gasteiger partial charge in [-0.3, -0.25) is 0 Å². The number of rotatable bonds is 3. The molecule has 0 aliphatic heterocycles. The topological polar surface area (TPSA) is 0 Å². The number of hydrogen-bond donors (Lipinski definition) is 0. The van der Waals surface area contributed by atoms with Gasteiger partial charge in [0.25, 0.3) is 0 Å². The molecule has 22 heavy (non-hydrogen) atoms. The minimum atomic E-state index is -0.556. The Morgan fingerprint density at radius 3 is 2.50 bits per heavy atom. The molecule has 3 heteroatoms. The largest absolute Gasteiger partial charge is 0.207 e. The molecule has 0 saturated carbocycles. The minimum Gasteiger partial charge on any atom is -0.207 e. The molecule has 0 saturated heterocycles. The van der Waals surface area contributed by atoms with E-state index >= 15 is 0 Å². The van der Waals surface area contributed by atoms with Gasteiger partial charge < -0.3 is 0 Å². The third-order valence-corrected chi connectivity index (χ3v) is 4.55. The van der Waals surface area contributed by atoms with Gasteiger partial charge in [-0.25, -0.2) is 13.2 Å². The van der Waals surface area contributed by atoms with Crippen molar-refractivity contribution in [1.82, 2.24) is 0 Å². The van der Waals surface area contributed by atoms with Gasteiger partial charge in [0.2, 0.25) is 0 Å². The van der Waals surface area contributed by atoms with Crippen molar-refractivity contribution in [1.29, 1.82) is 0 Å². The maximum Gasteiger partial charge on any atom is 0.137 e. The zero-order valence-corrected chi connectivity index (χ0v) is 12.6. The third kappa shape index (κ3) is 2.77. The predicted octanol–water partition coefficient (Wildman–Crippen LogP) is 5.68. The van der Waals surface area contributed by atoms with Crippen molar-refractivity contribution in [2.24, 2.45) is 5.92 Å². The van der Waals surface area contributed by atoms with E-state index in [1.165, 1.54) is 30.3 Å². The van der Waals surface area contributed by atoms with Crippen molar-refractivity contribution in [3.8, 4) is 11.1 Å². The van der Waals surface area contributed by atoms with Crippen LogP contribution in [-0.2, 0) is 12.8 Å². The lowest BCUT2D eigenvalue weighted by Gasteiger charge is -2.26. The maximum absolute atomic E-state index is 14.8. The molecule has 0 spiro atoms. The average molecular weight is 304 g/mol. The summed E-state index contributed by atoms with van der Waals surface area (Å²) >= 11 is 0. The van der Waals surface area contributed by atoms with Crippen molar-refractivity contribution < 1.29 is 13.2 Å². The molecule has 0 amide bonds. The van der Waals surface area contributed by atoms with Crippen molar-refractivity contribution in [2.45, 2.75) is 39.0 Å². The smallest absolute Gasteiger partial charge is 0.137 e. The van der Waals surface area contributed by atoms with Gasteiger partial charge in [0.15, 0.2) is 0 Å². The van der Waals surface area contributed by atoms with Crippen LogP contribution in [0.3, 0.4) is 0 Å². The van der Waals surface area contributed by atoms with Gasteiger partial charge in [0.1, 0.15) is 17.5 Å². The van der Waals surface area contributed by atoms with E-state index in [4.69, 9.17) is 0 Å². The summed E-state index contributed by atoms with van der Waals surface area (Å²) in [5, 5.41) is 0. The minimum absolute atomic E-state index is 0.0345. The highest BCUT2D eigenvalue weighted by Gasteiger charge is 2.25. The van der Waals surface area contributed by atoms with Gasteiger partial charge in [-0.15, -0.1) is 0 Å². The lowest BCUT2D eigenvalue weighted by molar-refractivity contribution is 0.412. The molecule has 1 atom stereocenters. The quantitative estimate of drug-likeness (QED) is 0.684. The van der Waals surface area contributed by atoms with Crippen LogP contribution in [0.15, 0.2) is 30.3 Å². The Labute approximate surface area is 129 Å². The van der Waals surface area contributed by atoms with Gasteiger partial charge in [-0.05, 0) is 60.1 Å². The van der Waals surface area contributed by atoms with Crippen LogP contribution in [0.2, 0.25) is 0 Å². The second-order valence-corrected chi connectivity index (χ2v) is 6.09. The summed E-state index contributed by atoms with van der Waals surface area (Å²) in [6, 6.07) is 6.77. The predicted molar refractivity (Wildman–Crippen MR) is 82.2 cm³/mol. The highest BCUT2D eigenvalue weighted by atomic mass is 19.1. The molecule has 2 aromatic carbocycles. The molecule has 0 radical (unpaired) electrons. The Morgan fingerprint density at radius 1 is 1.09 bits per heavy atom. The lowest BCUT2D eigenvalue weighted by Crippen LogP contribution is -2.16. The monoisotopic (exact) mass is 304 g/mol. The number of benzene rings is 2. The van der Waals surface area contributed by atoms with Gasteiger partial charge >= 0.3 is 0 Å². The fraction of sp³-hybridized carbons (Fsp3) is 0.368. The van der Waals surface area contributed by atoms with Gasteiger partial charge in [-0.2, -0.15) is 0 Å². The number of hydrogen-bond acceptors (Lipinski definition) is 0. The molecule has 0 fully saturated rings. The first-order valence-corrected chi connectivity index (χ1v) is 7.85. The molecule has 116 valence electrons. The first-order chi connectivity index (χ1) is 10.6. The summed E-state index contributed by atoms with van der Waals surface area (Å²) in [4.78, 5) is 0. The molecular formula is C19H19F3. The second-order valence-electron chi connectivity index (χ2n) is 6.09. The lowest BCUT2D eigenvalue weighted by atomic mass is 9.80. The summed E-state index contributed by atoms with van der Waals surface area (Å²) in [6.45, 7) is 2.13. The zero-order valence-electron chi connectivity index (χ0n) is 12.6. The molecule has 0 heterocycles. The molecule has 2 aromatic rings. The fourth-order valence-corrected chi connectivity index (χ4v) is 3.46. The van der Waals surface area contributed by atoms with Crippen molar-refractivity contribution >= 4 is 0 Å². The highest BCUT2D eigenvalue weighted by Crippen LogP contribution is 2.36. The Kier molecular flexibility index (Phi) is 4.23. The van der Waals surface area contributed by atoms with Crippen LogP contribution in [0.4, 0.5) is 13.2 Å². The van der Waals surface area contributed by atoms with E-state index < -0.39 is 17.5 Å². The van der Waals surface area contributed by atoms with Crippen LogP contribution < -0.4 is 0 Å². The number of halogens is 3. The molecule has 1 unspecified atom stereocenters. The first kappa shape index (κ1) is 15.1. The summed E-state index contributed by atoms with van der Waals surface area (Å²) in [5.41, 5.74) is 1.78.